The zero-order valence-electron chi connectivity index (χ0n) is 9.89. The fourth-order valence-corrected chi connectivity index (χ4v) is 2.64. The molecule has 18 heavy (non-hydrogen) atoms. The van der Waals surface area contributed by atoms with Crippen LogP contribution in [0.25, 0.3) is 11.0 Å². The van der Waals surface area contributed by atoms with Gasteiger partial charge in [-0.15, -0.1) is 0 Å². The van der Waals surface area contributed by atoms with Crippen molar-refractivity contribution in [2.75, 3.05) is 6.54 Å². The van der Waals surface area contributed by atoms with E-state index in [-0.39, 0.29) is 12.0 Å². The number of carboxylic acids is 1. The maximum absolute atomic E-state index is 11.1. The van der Waals surface area contributed by atoms with Gasteiger partial charge < -0.3 is 15.4 Å². The maximum atomic E-state index is 11.1. The zero-order chi connectivity index (χ0) is 12.5. The van der Waals surface area contributed by atoms with Gasteiger partial charge in [0.15, 0.2) is 0 Å². The van der Waals surface area contributed by atoms with Gasteiger partial charge in [-0.05, 0) is 37.1 Å². The number of rotatable bonds is 2. The highest BCUT2D eigenvalue weighted by Gasteiger charge is 2.28. The monoisotopic (exact) mass is 245 g/mol. The minimum Gasteiger partial charge on any atom is -0.481 e. The summed E-state index contributed by atoms with van der Waals surface area (Å²) >= 11 is 0. The van der Waals surface area contributed by atoms with E-state index in [9.17, 15) is 4.79 Å². The number of piperidine rings is 1. The Morgan fingerprint density at radius 3 is 3.22 bits per heavy atom. The van der Waals surface area contributed by atoms with Crippen LogP contribution in [0, 0.1) is 5.92 Å². The molecule has 2 aromatic rings. The molecule has 1 aliphatic rings. The van der Waals surface area contributed by atoms with Gasteiger partial charge in [0, 0.05) is 23.8 Å². The summed E-state index contributed by atoms with van der Waals surface area (Å²) in [5.41, 5.74) is 1.97. The van der Waals surface area contributed by atoms with Crippen molar-refractivity contribution in [3.63, 3.8) is 0 Å². The van der Waals surface area contributed by atoms with Crippen LogP contribution in [-0.4, -0.2) is 27.6 Å². The molecule has 3 heterocycles. The summed E-state index contributed by atoms with van der Waals surface area (Å²) < 4.78 is 0. The second-order valence-electron chi connectivity index (χ2n) is 4.71. The summed E-state index contributed by atoms with van der Waals surface area (Å²) in [4.78, 5) is 18.5. The molecule has 0 aromatic carbocycles. The molecule has 2 atom stereocenters. The zero-order valence-corrected chi connectivity index (χ0v) is 9.89. The van der Waals surface area contributed by atoms with Gasteiger partial charge in [0.25, 0.3) is 0 Å². The van der Waals surface area contributed by atoms with Gasteiger partial charge in [0.2, 0.25) is 0 Å². The van der Waals surface area contributed by atoms with Gasteiger partial charge in [-0.1, -0.05) is 0 Å². The van der Waals surface area contributed by atoms with Crippen LogP contribution in [0.4, 0.5) is 0 Å². The van der Waals surface area contributed by atoms with Crippen molar-refractivity contribution < 1.29 is 9.90 Å². The first-order chi connectivity index (χ1) is 8.75. The van der Waals surface area contributed by atoms with Crippen LogP contribution >= 0.6 is 0 Å². The molecule has 5 nitrogen and oxygen atoms in total. The average molecular weight is 245 g/mol. The molecule has 0 bridgehead atoms. The number of hydrogen-bond donors (Lipinski definition) is 3. The lowest BCUT2D eigenvalue weighted by molar-refractivity contribution is -0.143. The molecule has 2 aromatic heterocycles. The molecule has 1 fully saturated rings. The molecule has 3 N–H and O–H groups in total. The van der Waals surface area contributed by atoms with E-state index < -0.39 is 5.97 Å². The number of carbonyl (C=O) groups is 1. The Morgan fingerprint density at radius 2 is 2.39 bits per heavy atom. The van der Waals surface area contributed by atoms with E-state index in [2.05, 4.69) is 15.3 Å². The highest BCUT2D eigenvalue weighted by atomic mass is 16.4. The standard InChI is InChI=1S/C13H15N3O2/c17-13(18)8-3-5-14-11(6-8)10-7-16-12-9(10)2-1-4-15-12/h1-2,4,7-8,11,14H,3,5-6H2,(H,15,16)(H,17,18). The summed E-state index contributed by atoms with van der Waals surface area (Å²) in [6.45, 7) is 0.745. The first-order valence-corrected chi connectivity index (χ1v) is 6.14. The van der Waals surface area contributed by atoms with Crippen molar-refractivity contribution in [2.45, 2.75) is 18.9 Å². The molecule has 1 aliphatic heterocycles. The maximum Gasteiger partial charge on any atom is 0.306 e. The van der Waals surface area contributed by atoms with Crippen molar-refractivity contribution in [3.05, 3.63) is 30.1 Å². The van der Waals surface area contributed by atoms with Crippen LogP contribution in [0.3, 0.4) is 0 Å². The largest absolute Gasteiger partial charge is 0.481 e. The normalized spacial score (nSPS) is 24.2. The first kappa shape index (κ1) is 11.2. The predicted octanol–water partition coefficient (Wildman–Crippen LogP) is 1.69. The SMILES string of the molecule is O=C(O)C1CCNC(c2c[nH]c3ncccc23)C1. The van der Waals surface area contributed by atoms with E-state index in [1.54, 1.807) is 6.20 Å². The molecule has 0 spiro atoms. The molecule has 0 saturated carbocycles. The van der Waals surface area contributed by atoms with Crippen molar-refractivity contribution in [3.8, 4) is 0 Å². The van der Waals surface area contributed by atoms with E-state index in [1.807, 2.05) is 18.3 Å². The highest BCUT2D eigenvalue weighted by molar-refractivity contribution is 5.80. The third-order valence-corrected chi connectivity index (χ3v) is 3.61. The molecular formula is C13H15N3O2. The first-order valence-electron chi connectivity index (χ1n) is 6.14. The van der Waals surface area contributed by atoms with E-state index in [0.29, 0.717) is 12.8 Å². The van der Waals surface area contributed by atoms with Crippen molar-refractivity contribution in [1.82, 2.24) is 15.3 Å². The van der Waals surface area contributed by atoms with E-state index in [1.165, 1.54) is 0 Å². The fraction of sp³-hybridized carbons (Fsp3) is 0.385. The Bertz CT molecular complexity index is 578. The minimum atomic E-state index is -0.695. The number of H-pyrrole nitrogens is 1. The molecule has 0 amide bonds. The molecule has 3 rings (SSSR count). The van der Waals surface area contributed by atoms with E-state index >= 15 is 0 Å². The molecule has 94 valence electrons. The summed E-state index contributed by atoms with van der Waals surface area (Å²) in [5, 5.41) is 13.6. The smallest absolute Gasteiger partial charge is 0.306 e. The Labute approximate surface area is 104 Å². The highest BCUT2D eigenvalue weighted by Crippen LogP contribution is 2.31. The Kier molecular flexibility index (Phi) is 2.76. The minimum absolute atomic E-state index is 0.0952. The second-order valence-corrected chi connectivity index (χ2v) is 4.71. The van der Waals surface area contributed by atoms with Crippen LogP contribution in [0.2, 0.25) is 0 Å². The summed E-state index contributed by atoms with van der Waals surface area (Å²) in [6, 6.07) is 4.01. The van der Waals surface area contributed by atoms with E-state index in [4.69, 9.17) is 5.11 Å². The number of hydrogen-bond acceptors (Lipinski definition) is 3. The molecular weight excluding hydrogens is 230 g/mol. The fourth-order valence-electron chi connectivity index (χ4n) is 2.64. The average Bonchev–Trinajstić information content (AvgIpc) is 2.82. The number of aromatic amines is 1. The summed E-state index contributed by atoms with van der Waals surface area (Å²) in [7, 11) is 0. The van der Waals surface area contributed by atoms with Gasteiger partial charge in [-0.2, -0.15) is 0 Å². The van der Waals surface area contributed by atoms with Gasteiger partial charge in [0.1, 0.15) is 5.65 Å². The van der Waals surface area contributed by atoms with Crippen LogP contribution < -0.4 is 5.32 Å². The predicted molar refractivity (Wildman–Crippen MR) is 67.2 cm³/mol. The van der Waals surface area contributed by atoms with Crippen molar-refractivity contribution >= 4 is 17.0 Å². The number of nitrogens with zero attached hydrogens (tertiary/aromatic N) is 1. The molecule has 0 aliphatic carbocycles. The number of fused-ring (bicyclic) bond motifs is 1. The quantitative estimate of drug-likeness (QED) is 0.752. The Morgan fingerprint density at radius 1 is 1.50 bits per heavy atom. The third-order valence-electron chi connectivity index (χ3n) is 3.61. The lowest BCUT2D eigenvalue weighted by Crippen LogP contribution is -2.34. The second kappa shape index (κ2) is 4.42. The van der Waals surface area contributed by atoms with Gasteiger partial charge in [-0.3, -0.25) is 4.79 Å². The summed E-state index contributed by atoms with van der Waals surface area (Å²) in [6.07, 6.45) is 5.01. The lowest BCUT2D eigenvalue weighted by atomic mass is 9.89. The van der Waals surface area contributed by atoms with Crippen LogP contribution in [0.15, 0.2) is 24.5 Å². The van der Waals surface area contributed by atoms with Gasteiger partial charge >= 0.3 is 5.97 Å². The number of aromatic nitrogens is 2. The molecule has 5 heteroatoms. The third kappa shape index (κ3) is 1.86. The Balaban J connectivity index is 1.92. The summed E-state index contributed by atoms with van der Waals surface area (Å²) in [5.74, 6) is -0.947. The van der Waals surface area contributed by atoms with Crippen LogP contribution in [-0.2, 0) is 4.79 Å². The molecule has 1 saturated heterocycles. The van der Waals surface area contributed by atoms with Gasteiger partial charge in [0.05, 0.1) is 5.92 Å². The topological polar surface area (TPSA) is 78.0 Å². The number of carboxylic acid groups (broad SMARTS) is 1. The molecule has 0 radical (unpaired) electrons. The van der Waals surface area contributed by atoms with Crippen molar-refractivity contribution in [1.29, 1.82) is 0 Å². The number of aliphatic carboxylic acids is 1. The van der Waals surface area contributed by atoms with Crippen LogP contribution in [0.5, 0.6) is 0 Å². The van der Waals surface area contributed by atoms with Gasteiger partial charge in [-0.25, -0.2) is 4.98 Å². The van der Waals surface area contributed by atoms with E-state index in [0.717, 1.165) is 23.1 Å². The number of nitrogens with one attached hydrogen (secondary N) is 2. The van der Waals surface area contributed by atoms with Crippen molar-refractivity contribution in [2.24, 2.45) is 5.92 Å². The van der Waals surface area contributed by atoms with Crippen LogP contribution in [0.1, 0.15) is 24.4 Å². The lowest BCUT2D eigenvalue weighted by Gasteiger charge is -2.27. The number of pyridine rings is 1. The Hall–Kier alpha value is -1.88. The molecule has 2 unspecified atom stereocenters.